The number of H-pyrrole nitrogens is 1. The Kier molecular flexibility index (Phi) is 13.5. The molecule has 0 radical (unpaired) electrons. The number of aromatic nitrogens is 1. The normalized spacial score (nSPS) is 30.6. The first-order chi connectivity index (χ1) is 28.6. The van der Waals surface area contributed by atoms with Crippen molar-refractivity contribution in [3.63, 3.8) is 0 Å². The van der Waals surface area contributed by atoms with Crippen molar-refractivity contribution in [3.05, 3.63) is 63.2 Å². The van der Waals surface area contributed by atoms with Gasteiger partial charge in [0.1, 0.15) is 16.7 Å². The van der Waals surface area contributed by atoms with Crippen molar-refractivity contribution in [1.82, 2.24) is 9.88 Å². The van der Waals surface area contributed by atoms with Gasteiger partial charge < -0.3 is 33.4 Å². The summed E-state index contributed by atoms with van der Waals surface area (Å²) < 4.78 is 30.2. The number of carbonyl (C=O) groups is 4. The van der Waals surface area contributed by atoms with E-state index >= 15 is 0 Å². The number of Topliss-reactive ketones (excluding diaryl/α,β-unsaturated/α-hetero) is 1. The number of hydrogen-bond donors (Lipinski definition) is 1. The van der Waals surface area contributed by atoms with Gasteiger partial charge in [-0.25, -0.2) is 0 Å². The number of ketones is 1. The van der Waals surface area contributed by atoms with Crippen LogP contribution in [-0.4, -0.2) is 83.2 Å². The predicted octanol–water partition coefficient (Wildman–Crippen LogP) is 7.98. The van der Waals surface area contributed by atoms with Crippen LogP contribution in [0.25, 0.3) is 10.9 Å². The number of pyridine rings is 1. The van der Waals surface area contributed by atoms with E-state index < -0.39 is 35.4 Å². The molecule has 2 aliphatic carbocycles. The number of aromatic amines is 1. The fourth-order valence-corrected chi connectivity index (χ4v) is 9.47. The monoisotopic (exact) mass is 890 g/mol. The maximum absolute atomic E-state index is 14.7. The highest BCUT2D eigenvalue weighted by Crippen LogP contribution is 2.58. The Morgan fingerprint density at radius 3 is 2.58 bits per heavy atom. The maximum atomic E-state index is 14.7. The molecule has 0 unspecified atom stereocenters. The second kappa shape index (κ2) is 18.3. The molecule has 60 heavy (non-hydrogen) atoms. The van der Waals surface area contributed by atoms with Crippen LogP contribution in [0.15, 0.2) is 57.7 Å². The molecule has 1 N–H and O–H groups in total. The van der Waals surface area contributed by atoms with E-state index in [-0.39, 0.29) is 96.1 Å². The molecule has 12 nitrogen and oxygen atoms in total. The third-order valence-corrected chi connectivity index (χ3v) is 14.3. The van der Waals surface area contributed by atoms with Gasteiger partial charge in [-0.15, -0.1) is 0 Å². The SMILES string of the molecule is CCOC(=O)[C@]12CC(=O)[C@@H]3C[C@@H](Oc4[nH]c5ccccc5c(=O)c4Br)CN3C(=O)[C@@H](CC(=O)O[C@@H]3C[C@H]3CCC/C=C/B3OC(C)(C)C(C)(C)O3)CCCCC/C=C\[C@@H]1C2. The predicted molar refractivity (Wildman–Crippen MR) is 231 cm³/mol. The Morgan fingerprint density at radius 2 is 1.82 bits per heavy atom. The molecule has 2 aromatic rings. The van der Waals surface area contributed by atoms with Gasteiger partial charge in [0, 0.05) is 24.1 Å². The number of carbonyl (C=O) groups excluding carboxylic acids is 4. The number of benzene rings is 1. The minimum atomic E-state index is -0.975. The van der Waals surface area contributed by atoms with E-state index in [1.54, 1.807) is 30.0 Å². The van der Waals surface area contributed by atoms with Gasteiger partial charge >= 0.3 is 19.1 Å². The van der Waals surface area contributed by atoms with Crippen LogP contribution < -0.4 is 10.2 Å². The van der Waals surface area contributed by atoms with Gasteiger partial charge in [-0.1, -0.05) is 49.2 Å². The number of fused-ring (bicyclic) bond motifs is 3. The van der Waals surface area contributed by atoms with Crippen molar-refractivity contribution in [1.29, 1.82) is 0 Å². The lowest BCUT2D eigenvalue weighted by Gasteiger charge is -2.32. The van der Waals surface area contributed by atoms with Crippen LogP contribution in [0.2, 0.25) is 0 Å². The third kappa shape index (κ3) is 9.81. The highest BCUT2D eigenvalue weighted by atomic mass is 79.9. The van der Waals surface area contributed by atoms with Gasteiger partial charge in [0.2, 0.25) is 17.2 Å². The summed E-state index contributed by atoms with van der Waals surface area (Å²) in [5, 5.41) is 0.497. The zero-order chi connectivity index (χ0) is 42.8. The first-order valence-corrected chi connectivity index (χ1v) is 22.8. The Morgan fingerprint density at radius 1 is 1.05 bits per heavy atom. The molecule has 7 rings (SSSR count). The largest absolute Gasteiger partial charge is 0.486 e. The molecule has 14 heteroatoms. The minimum Gasteiger partial charge on any atom is -0.473 e. The van der Waals surface area contributed by atoms with Gasteiger partial charge in [0.15, 0.2) is 5.78 Å². The van der Waals surface area contributed by atoms with E-state index in [4.69, 9.17) is 23.5 Å². The highest BCUT2D eigenvalue weighted by Gasteiger charge is 2.62. The van der Waals surface area contributed by atoms with E-state index in [0.29, 0.717) is 23.7 Å². The van der Waals surface area contributed by atoms with Crippen LogP contribution in [0, 0.1) is 23.2 Å². The van der Waals surface area contributed by atoms with Crippen LogP contribution in [0.4, 0.5) is 0 Å². The lowest BCUT2D eigenvalue weighted by molar-refractivity contribution is -0.154. The highest BCUT2D eigenvalue weighted by molar-refractivity contribution is 9.10. The Hall–Kier alpha value is -3.75. The number of amides is 1. The second-order valence-corrected chi connectivity index (χ2v) is 19.2. The van der Waals surface area contributed by atoms with E-state index in [2.05, 4.69) is 33.1 Å². The average molecular weight is 892 g/mol. The molecule has 324 valence electrons. The van der Waals surface area contributed by atoms with Crippen LogP contribution >= 0.6 is 15.9 Å². The fourth-order valence-electron chi connectivity index (χ4n) is 9.06. The van der Waals surface area contributed by atoms with Crippen LogP contribution in [0.3, 0.4) is 0 Å². The Bertz CT molecular complexity index is 2050. The lowest BCUT2D eigenvalue weighted by Crippen LogP contribution is -2.45. The van der Waals surface area contributed by atoms with Crippen molar-refractivity contribution >= 4 is 57.6 Å². The zero-order valence-corrected chi connectivity index (χ0v) is 37.3. The summed E-state index contributed by atoms with van der Waals surface area (Å²) in [5.41, 5.74) is -1.37. The molecule has 1 aromatic heterocycles. The van der Waals surface area contributed by atoms with Gasteiger partial charge in [0.25, 0.3) is 0 Å². The summed E-state index contributed by atoms with van der Waals surface area (Å²) >= 11 is 3.41. The van der Waals surface area contributed by atoms with Gasteiger partial charge in [-0.05, 0) is 126 Å². The molecule has 2 saturated carbocycles. The van der Waals surface area contributed by atoms with E-state index in [0.717, 1.165) is 51.4 Å². The van der Waals surface area contributed by atoms with Crippen molar-refractivity contribution in [3.8, 4) is 5.88 Å². The molecule has 4 fully saturated rings. The standard InChI is InChI=1S/C46H60BBrN2O10/c1-6-56-43(55)46-26-31(46)19-13-9-7-8-11-18-30(24-38(52)58-37-23-29(37)17-12-10-16-22-47-59-44(2,3)45(4,5)60-47)42(54)50-28-32(25-35(50)36(51)27-46)57-41-39(48)40(53)33-20-14-15-21-34(33)49-41/h13-16,19-22,29-32,35,37H,6-12,17-18,23-28H2,1-5H3,(H,49,53)/b19-13-,22-16+/t29-,30-,31-,32-,35+,37-,46-/m1/s1. The number of para-hydroxylation sites is 1. The number of hydrogen-bond acceptors (Lipinski definition) is 10. The van der Waals surface area contributed by atoms with Gasteiger partial charge in [0.05, 0.1) is 47.7 Å². The number of allylic oxidation sites excluding steroid dienone is 3. The number of nitrogens with zero attached hydrogens (tertiary/aromatic N) is 1. The van der Waals surface area contributed by atoms with Crippen molar-refractivity contribution < 1.29 is 42.7 Å². The molecule has 0 bridgehead atoms. The first-order valence-electron chi connectivity index (χ1n) is 22.0. The molecule has 2 saturated heterocycles. The van der Waals surface area contributed by atoms with E-state index in [1.165, 1.54) is 0 Å². The molecule has 3 aliphatic heterocycles. The maximum Gasteiger partial charge on any atom is 0.486 e. The summed E-state index contributed by atoms with van der Waals surface area (Å²) in [7, 11) is -0.366. The molecular formula is C46H60BBrN2O10. The molecule has 4 heterocycles. The van der Waals surface area contributed by atoms with Crippen LogP contribution in [-0.2, 0) is 38.0 Å². The Labute approximate surface area is 361 Å². The molecule has 1 aromatic carbocycles. The summed E-state index contributed by atoms with van der Waals surface area (Å²) in [6, 6.07) is 6.22. The topological polar surface area (TPSA) is 151 Å². The van der Waals surface area contributed by atoms with Crippen molar-refractivity contribution in [2.24, 2.45) is 23.2 Å². The average Bonchev–Trinajstić information content (AvgIpc) is 4.04. The smallest absolute Gasteiger partial charge is 0.473 e. The summed E-state index contributed by atoms with van der Waals surface area (Å²) in [4.78, 5) is 74.0. The number of esters is 2. The van der Waals surface area contributed by atoms with Crippen LogP contribution in [0.1, 0.15) is 118 Å². The fraction of sp³-hybridized carbons (Fsp3) is 0.630. The van der Waals surface area contributed by atoms with Gasteiger partial charge in [-0.3, -0.25) is 24.0 Å². The van der Waals surface area contributed by atoms with Gasteiger partial charge in [-0.2, -0.15) is 0 Å². The summed E-state index contributed by atoms with van der Waals surface area (Å²) in [5.74, 6) is 0.321. The number of halogens is 1. The number of nitrogens with one attached hydrogen (secondary N) is 1. The Balaban J connectivity index is 1.02. The number of rotatable bonds is 12. The molecule has 1 amide bonds. The van der Waals surface area contributed by atoms with E-state index in [9.17, 15) is 24.0 Å². The van der Waals surface area contributed by atoms with Crippen molar-refractivity contribution in [2.45, 2.75) is 148 Å². The second-order valence-electron chi connectivity index (χ2n) is 18.4. The minimum absolute atomic E-state index is 0.0669. The summed E-state index contributed by atoms with van der Waals surface area (Å²) in [6.07, 6.45) is 13.3. The molecular weight excluding hydrogens is 831 g/mol. The van der Waals surface area contributed by atoms with Crippen LogP contribution in [0.5, 0.6) is 5.88 Å². The third-order valence-electron chi connectivity index (χ3n) is 13.5. The van der Waals surface area contributed by atoms with E-state index in [1.807, 2.05) is 45.8 Å². The zero-order valence-electron chi connectivity index (χ0n) is 35.7. The quantitative estimate of drug-likeness (QED) is 0.0962. The molecule has 0 spiro atoms. The first kappa shape index (κ1) is 44.3. The lowest BCUT2D eigenvalue weighted by atomic mass is 9.89. The number of ether oxygens (including phenoxy) is 3. The number of unbranched alkanes of at least 4 members (excludes halogenated alkanes) is 1. The molecule has 5 aliphatic rings. The summed E-state index contributed by atoms with van der Waals surface area (Å²) in [6.45, 7) is 10.2. The van der Waals surface area contributed by atoms with Crippen molar-refractivity contribution in [2.75, 3.05) is 13.2 Å². The molecule has 7 atom stereocenters.